The first-order valence-electron chi connectivity index (χ1n) is 8.09. The van der Waals surface area contributed by atoms with Crippen LogP contribution in [0.1, 0.15) is 28.8 Å². The molecule has 2 aromatic rings. The Morgan fingerprint density at radius 2 is 1.72 bits per heavy atom. The summed E-state index contributed by atoms with van der Waals surface area (Å²) in [6, 6.07) is 15.0. The van der Waals surface area contributed by atoms with Crippen LogP contribution in [-0.4, -0.2) is 24.1 Å². The van der Waals surface area contributed by atoms with Crippen molar-refractivity contribution >= 4 is 17.5 Å². The molecule has 0 radical (unpaired) electrons. The van der Waals surface area contributed by atoms with Gasteiger partial charge in [0.15, 0.2) is 0 Å². The third-order valence-corrected chi connectivity index (χ3v) is 3.89. The van der Waals surface area contributed by atoms with Gasteiger partial charge in [-0.25, -0.2) is 9.82 Å². The highest BCUT2D eigenvalue weighted by Gasteiger charge is 2.29. The van der Waals surface area contributed by atoms with Crippen LogP contribution in [-0.2, 0) is 4.79 Å². The molecule has 0 aromatic heterocycles. The summed E-state index contributed by atoms with van der Waals surface area (Å²) in [5.41, 5.74) is 3.78. The number of hydrogen-bond acceptors (Lipinski definition) is 3. The molecule has 1 saturated carbocycles. The van der Waals surface area contributed by atoms with Crippen LogP contribution in [0.4, 0.5) is 4.39 Å². The average molecular weight is 339 g/mol. The number of hydrogen-bond donors (Lipinski definition) is 2. The molecule has 1 aliphatic carbocycles. The summed E-state index contributed by atoms with van der Waals surface area (Å²) in [6.07, 6.45) is 1.76. The molecule has 0 heterocycles. The van der Waals surface area contributed by atoms with Gasteiger partial charge in [-0.05, 0) is 30.5 Å². The van der Waals surface area contributed by atoms with Gasteiger partial charge in [0.05, 0.1) is 17.8 Å². The molecular weight excluding hydrogens is 321 g/mol. The van der Waals surface area contributed by atoms with E-state index in [2.05, 4.69) is 15.8 Å². The fourth-order valence-corrected chi connectivity index (χ4v) is 2.30. The number of benzene rings is 2. The quantitative estimate of drug-likeness (QED) is 0.627. The minimum Gasteiger partial charge on any atom is -0.346 e. The number of amides is 2. The number of hydrazone groups is 1. The first kappa shape index (κ1) is 16.8. The normalized spacial score (nSPS) is 14.0. The standard InChI is InChI=1S/C19H18FN3O2/c20-16-9-5-4-8-15(16)19(25)21-12-17(13-6-2-1-3-7-13)22-23-18(24)14-10-11-14/h1-9,14H,10-12H2,(H,21,25)(H,23,24)/b22-17-. The fourth-order valence-electron chi connectivity index (χ4n) is 2.30. The maximum Gasteiger partial charge on any atom is 0.254 e. The third kappa shape index (κ3) is 4.50. The minimum atomic E-state index is -0.583. The topological polar surface area (TPSA) is 70.6 Å². The second kappa shape index (κ2) is 7.70. The zero-order valence-corrected chi connectivity index (χ0v) is 13.5. The maximum absolute atomic E-state index is 13.7. The van der Waals surface area contributed by atoms with Crippen molar-refractivity contribution in [1.82, 2.24) is 10.7 Å². The molecule has 2 N–H and O–H groups in total. The van der Waals surface area contributed by atoms with E-state index in [1.54, 1.807) is 6.07 Å². The number of nitrogens with one attached hydrogen (secondary N) is 2. The lowest BCUT2D eigenvalue weighted by Crippen LogP contribution is -2.32. The summed E-state index contributed by atoms with van der Waals surface area (Å²) in [5, 5.41) is 6.80. The van der Waals surface area contributed by atoms with Crippen molar-refractivity contribution in [3.05, 3.63) is 71.5 Å². The van der Waals surface area contributed by atoms with Crippen LogP contribution >= 0.6 is 0 Å². The highest BCUT2D eigenvalue weighted by atomic mass is 19.1. The molecular formula is C19H18FN3O2. The Bertz CT molecular complexity index is 801. The summed E-state index contributed by atoms with van der Waals surface area (Å²) in [6.45, 7) is 0.0716. The van der Waals surface area contributed by atoms with Crippen molar-refractivity contribution in [2.75, 3.05) is 6.54 Å². The molecule has 0 aliphatic heterocycles. The van der Waals surface area contributed by atoms with Gasteiger partial charge in [-0.3, -0.25) is 9.59 Å². The molecule has 1 aliphatic rings. The van der Waals surface area contributed by atoms with Gasteiger partial charge in [-0.1, -0.05) is 42.5 Å². The Morgan fingerprint density at radius 3 is 2.40 bits per heavy atom. The molecule has 0 saturated heterocycles. The minimum absolute atomic E-state index is 0.0306. The number of carbonyl (C=O) groups excluding carboxylic acids is 2. The fraction of sp³-hybridized carbons (Fsp3) is 0.211. The first-order chi connectivity index (χ1) is 12.1. The largest absolute Gasteiger partial charge is 0.346 e. The summed E-state index contributed by atoms with van der Waals surface area (Å²) in [4.78, 5) is 24.0. The lowest BCUT2D eigenvalue weighted by atomic mass is 10.1. The van der Waals surface area contributed by atoms with E-state index < -0.39 is 11.7 Å². The van der Waals surface area contributed by atoms with Crippen molar-refractivity contribution in [1.29, 1.82) is 0 Å². The van der Waals surface area contributed by atoms with E-state index in [4.69, 9.17) is 0 Å². The SMILES string of the molecule is O=C(NC/C(=N/NC(=O)C1CC1)c1ccccc1)c1ccccc1F. The van der Waals surface area contributed by atoms with Crippen molar-refractivity contribution in [3.8, 4) is 0 Å². The van der Waals surface area contributed by atoms with Gasteiger partial charge in [0.25, 0.3) is 5.91 Å². The molecule has 3 rings (SSSR count). The Balaban J connectivity index is 1.71. The third-order valence-electron chi connectivity index (χ3n) is 3.89. The number of nitrogens with zero attached hydrogens (tertiary/aromatic N) is 1. The number of carbonyl (C=O) groups is 2. The molecule has 1 fully saturated rings. The second-order valence-corrected chi connectivity index (χ2v) is 5.84. The van der Waals surface area contributed by atoms with Gasteiger partial charge < -0.3 is 5.32 Å². The Hall–Kier alpha value is -3.02. The number of rotatable bonds is 6. The van der Waals surface area contributed by atoms with Gasteiger partial charge in [0, 0.05) is 5.92 Å². The predicted molar refractivity (Wildman–Crippen MR) is 92.6 cm³/mol. The predicted octanol–water partition coefficient (Wildman–Crippen LogP) is 2.49. The van der Waals surface area contributed by atoms with Gasteiger partial charge in [0.1, 0.15) is 5.82 Å². The zero-order valence-electron chi connectivity index (χ0n) is 13.5. The molecule has 0 spiro atoms. The van der Waals surface area contributed by atoms with Crippen LogP contribution in [0.5, 0.6) is 0 Å². The molecule has 0 atom stereocenters. The van der Waals surface area contributed by atoms with Crippen molar-refractivity contribution in [2.45, 2.75) is 12.8 Å². The van der Waals surface area contributed by atoms with Crippen molar-refractivity contribution in [2.24, 2.45) is 11.0 Å². The van der Waals surface area contributed by atoms with Gasteiger partial charge in [-0.2, -0.15) is 5.10 Å². The Labute approximate surface area is 144 Å². The highest BCUT2D eigenvalue weighted by molar-refractivity contribution is 6.05. The molecule has 2 amide bonds. The monoisotopic (exact) mass is 339 g/mol. The van der Waals surface area contributed by atoms with Crippen molar-refractivity contribution in [3.63, 3.8) is 0 Å². The summed E-state index contributed by atoms with van der Waals surface area (Å²) >= 11 is 0. The van der Waals surface area contributed by atoms with Crippen molar-refractivity contribution < 1.29 is 14.0 Å². The zero-order chi connectivity index (χ0) is 17.6. The van der Waals surface area contributed by atoms with Crippen LogP contribution in [0.25, 0.3) is 0 Å². The first-order valence-corrected chi connectivity index (χ1v) is 8.09. The summed E-state index contributed by atoms with van der Waals surface area (Å²) in [5.74, 6) is -1.20. The van der Waals surface area contributed by atoms with E-state index in [1.807, 2.05) is 30.3 Å². The maximum atomic E-state index is 13.7. The lowest BCUT2D eigenvalue weighted by molar-refractivity contribution is -0.122. The summed E-state index contributed by atoms with van der Waals surface area (Å²) in [7, 11) is 0. The van der Waals surface area contributed by atoms with Crippen LogP contribution in [0.15, 0.2) is 59.7 Å². The molecule has 2 aromatic carbocycles. The summed E-state index contributed by atoms with van der Waals surface area (Å²) < 4.78 is 13.7. The smallest absolute Gasteiger partial charge is 0.254 e. The Morgan fingerprint density at radius 1 is 1.04 bits per heavy atom. The second-order valence-electron chi connectivity index (χ2n) is 5.84. The van der Waals surface area contributed by atoms with Gasteiger partial charge >= 0.3 is 0 Å². The van der Waals surface area contributed by atoms with Gasteiger partial charge in [0.2, 0.25) is 5.91 Å². The molecule has 5 nitrogen and oxygen atoms in total. The lowest BCUT2D eigenvalue weighted by Gasteiger charge is -2.10. The van der Waals surface area contributed by atoms with E-state index >= 15 is 0 Å². The van der Waals surface area contributed by atoms with E-state index in [-0.39, 0.29) is 23.9 Å². The van der Waals surface area contributed by atoms with Crippen LogP contribution in [0.3, 0.4) is 0 Å². The molecule has 25 heavy (non-hydrogen) atoms. The van der Waals surface area contributed by atoms with E-state index in [1.165, 1.54) is 18.2 Å². The van der Waals surface area contributed by atoms with E-state index in [0.717, 1.165) is 18.4 Å². The Kier molecular flexibility index (Phi) is 5.18. The van der Waals surface area contributed by atoms with Crippen LogP contribution in [0.2, 0.25) is 0 Å². The van der Waals surface area contributed by atoms with E-state index in [0.29, 0.717) is 5.71 Å². The molecule has 6 heteroatoms. The van der Waals surface area contributed by atoms with Crippen LogP contribution in [0, 0.1) is 11.7 Å². The highest BCUT2D eigenvalue weighted by Crippen LogP contribution is 2.28. The number of halogens is 1. The van der Waals surface area contributed by atoms with Crippen LogP contribution < -0.4 is 10.7 Å². The van der Waals surface area contributed by atoms with E-state index in [9.17, 15) is 14.0 Å². The van der Waals surface area contributed by atoms with Gasteiger partial charge in [-0.15, -0.1) is 0 Å². The molecule has 0 unspecified atom stereocenters. The molecule has 128 valence electrons. The average Bonchev–Trinajstić information content (AvgIpc) is 3.47. The molecule has 0 bridgehead atoms.